The molecular weight excluding hydrogens is 299 g/mol. The van der Waals surface area contributed by atoms with Gasteiger partial charge in [0.05, 0.1) is 6.61 Å². The number of phenolic OH excluding ortho intramolecular Hbond substituents is 1. The third-order valence-electron chi connectivity index (χ3n) is 5.20. The Hall–Kier alpha value is -2.01. The predicted octanol–water partition coefficient (Wildman–Crippen LogP) is 2.79. The molecule has 2 bridgehead atoms. The highest BCUT2D eigenvalue weighted by molar-refractivity contribution is 5.75. The van der Waals surface area contributed by atoms with Crippen LogP contribution in [0.1, 0.15) is 12.8 Å². The van der Waals surface area contributed by atoms with Crippen molar-refractivity contribution in [1.82, 2.24) is 9.88 Å². The van der Waals surface area contributed by atoms with Crippen LogP contribution in [0.2, 0.25) is 0 Å². The Morgan fingerprint density at radius 2 is 2.04 bits per heavy atom. The zero-order chi connectivity index (χ0) is 15.6. The molecule has 3 aliphatic rings. The van der Waals surface area contributed by atoms with Crippen LogP contribution in [-0.4, -0.2) is 49.6 Å². The van der Waals surface area contributed by atoms with E-state index in [-0.39, 0.29) is 14.2 Å². The SMILES string of the molecule is Oc1cc(OCC2CN3CCC2CC3)ccc1-c1cccnc1.[B]. The van der Waals surface area contributed by atoms with Crippen LogP contribution >= 0.6 is 0 Å². The van der Waals surface area contributed by atoms with Crippen molar-refractivity contribution < 1.29 is 9.84 Å². The number of fused-ring (bicyclic) bond motifs is 3. The number of aromatic hydroxyl groups is 1. The molecule has 4 nitrogen and oxygen atoms in total. The Morgan fingerprint density at radius 3 is 2.67 bits per heavy atom. The van der Waals surface area contributed by atoms with E-state index in [2.05, 4.69) is 9.88 Å². The molecule has 3 aliphatic heterocycles. The molecular formula is C19H22BN2O2. The van der Waals surface area contributed by atoms with E-state index in [4.69, 9.17) is 4.74 Å². The van der Waals surface area contributed by atoms with Gasteiger partial charge in [-0.05, 0) is 50.0 Å². The van der Waals surface area contributed by atoms with Crippen molar-refractivity contribution in [3.05, 3.63) is 42.7 Å². The van der Waals surface area contributed by atoms with Crippen molar-refractivity contribution in [2.24, 2.45) is 11.8 Å². The number of hydrogen-bond acceptors (Lipinski definition) is 4. The summed E-state index contributed by atoms with van der Waals surface area (Å²) >= 11 is 0. The van der Waals surface area contributed by atoms with Crippen molar-refractivity contribution >= 4 is 8.41 Å². The lowest BCUT2D eigenvalue weighted by Crippen LogP contribution is -2.49. The van der Waals surface area contributed by atoms with Gasteiger partial charge in [0, 0.05) is 50.5 Å². The molecule has 2 aromatic rings. The van der Waals surface area contributed by atoms with Gasteiger partial charge in [-0.15, -0.1) is 0 Å². The molecule has 4 heterocycles. The number of ether oxygens (including phenoxy) is 1. The number of phenols is 1. The second-order valence-electron chi connectivity index (χ2n) is 6.63. The van der Waals surface area contributed by atoms with Crippen LogP contribution in [0.25, 0.3) is 11.1 Å². The first-order chi connectivity index (χ1) is 11.3. The van der Waals surface area contributed by atoms with Gasteiger partial charge in [0.2, 0.25) is 0 Å². The van der Waals surface area contributed by atoms with Crippen LogP contribution < -0.4 is 4.74 Å². The van der Waals surface area contributed by atoms with Gasteiger partial charge in [0.15, 0.2) is 0 Å². The monoisotopic (exact) mass is 321 g/mol. The quantitative estimate of drug-likeness (QED) is 0.880. The summed E-state index contributed by atoms with van der Waals surface area (Å²) < 4.78 is 5.97. The van der Waals surface area contributed by atoms with Crippen molar-refractivity contribution in [2.45, 2.75) is 12.8 Å². The van der Waals surface area contributed by atoms with Gasteiger partial charge in [0.25, 0.3) is 0 Å². The van der Waals surface area contributed by atoms with Crippen LogP contribution in [0.4, 0.5) is 0 Å². The summed E-state index contributed by atoms with van der Waals surface area (Å²) in [5.74, 6) is 2.41. The topological polar surface area (TPSA) is 45.6 Å². The van der Waals surface area contributed by atoms with Crippen LogP contribution in [0.3, 0.4) is 0 Å². The maximum atomic E-state index is 10.3. The summed E-state index contributed by atoms with van der Waals surface area (Å²) in [5.41, 5.74) is 1.70. The second kappa shape index (κ2) is 7.26. The van der Waals surface area contributed by atoms with Crippen molar-refractivity contribution in [3.63, 3.8) is 0 Å². The summed E-state index contributed by atoms with van der Waals surface area (Å²) in [7, 11) is 0. The third-order valence-corrected chi connectivity index (χ3v) is 5.20. The summed E-state index contributed by atoms with van der Waals surface area (Å²) in [6.45, 7) is 4.40. The summed E-state index contributed by atoms with van der Waals surface area (Å²) in [4.78, 5) is 6.64. The molecule has 123 valence electrons. The molecule has 1 aromatic carbocycles. The predicted molar refractivity (Wildman–Crippen MR) is 95.2 cm³/mol. The molecule has 0 spiro atoms. The average Bonchev–Trinajstić information content (AvgIpc) is 2.62. The second-order valence-corrected chi connectivity index (χ2v) is 6.63. The minimum atomic E-state index is 0. The fraction of sp³-hybridized carbons (Fsp3) is 0.421. The Bertz CT molecular complexity index is 672. The van der Waals surface area contributed by atoms with E-state index >= 15 is 0 Å². The summed E-state index contributed by atoms with van der Waals surface area (Å²) in [5, 5.41) is 10.3. The van der Waals surface area contributed by atoms with E-state index in [9.17, 15) is 5.11 Å². The number of hydrogen-bond donors (Lipinski definition) is 1. The minimum absolute atomic E-state index is 0. The Kier molecular flexibility index (Phi) is 5.10. The Balaban J connectivity index is 0.00000169. The molecule has 0 saturated carbocycles. The molecule has 0 aliphatic carbocycles. The molecule has 3 radical (unpaired) electrons. The standard InChI is InChI=1S/C19H22N2O2.B/c22-19-10-17(3-4-18(19)15-2-1-7-20-11-15)23-13-16-12-21-8-5-14(16)6-9-21;/h1-4,7,10-11,14,16,22H,5-6,8-9,12-13H2;. The molecule has 1 atom stereocenters. The zero-order valence-electron chi connectivity index (χ0n) is 13.8. The molecule has 3 saturated heterocycles. The maximum absolute atomic E-state index is 10.3. The van der Waals surface area contributed by atoms with Crippen molar-refractivity contribution in [3.8, 4) is 22.6 Å². The number of pyridine rings is 1. The van der Waals surface area contributed by atoms with E-state index in [0.717, 1.165) is 35.9 Å². The van der Waals surface area contributed by atoms with Crippen LogP contribution in [-0.2, 0) is 0 Å². The molecule has 24 heavy (non-hydrogen) atoms. The van der Waals surface area contributed by atoms with Gasteiger partial charge < -0.3 is 14.7 Å². The first-order valence-electron chi connectivity index (χ1n) is 8.38. The van der Waals surface area contributed by atoms with E-state index in [1.807, 2.05) is 24.3 Å². The summed E-state index contributed by atoms with van der Waals surface area (Å²) in [6, 6.07) is 9.35. The van der Waals surface area contributed by atoms with E-state index in [1.165, 1.54) is 25.9 Å². The van der Waals surface area contributed by atoms with Crippen molar-refractivity contribution in [2.75, 3.05) is 26.2 Å². The molecule has 1 aromatic heterocycles. The van der Waals surface area contributed by atoms with Crippen LogP contribution in [0.15, 0.2) is 42.7 Å². The van der Waals surface area contributed by atoms with Gasteiger partial charge in [-0.1, -0.05) is 6.07 Å². The largest absolute Gasteiger partial charge is 0.507 e. The molecule has 3 fully saturated rings. The molecule has 5 rings (SSSR count). The van der Waals surface area contributed by atoms with Crippen LogP contribution in [0, 0.1) is 11.8 Å². The zero-order valence-corrected chi connectivity index (χ0v) is 13.8. The minimum Gasteiger partial charge on any atom is -0.507 e. The normalized spacial score (nSPS) is 25.1. The lowest BCUT2D eigenvalue weighted by Gasteiger charge is -2.44. The summed E-state index contributed by atoms with van der Waals surface area (Å²) in [6.07, 6.45) is 6.09. The molecule has 1 N–H and O–H groups in total. The number of nitrogens with zero attached hydrogens (tertiary/aromatic N) is 2. The fourth-order valence-corrected chi connectivity index (χ4v) is 3.85. The van der Waals surface area contributed by atoms with Gasteiger partial charge >= 0.3 is 0 Å². The average molecular weight is 321 g/mol. The first-order valence-corrected chi connectivity index (χ1v) is 8.38. The van der Waals surface area contributed by atoms with Gasteiger partial charge in [0.1, 0.15) is 11.5 Å². The molecule has 1 unspecified atom stereocenters. The van der Waals surface area contributed by atoms with E-state index < -0.39 is 0 Å². The first kappa shape index (κ1) is 16.8. The fourth-order valence-electron chi connectivity index (χ4n) is 3.85. The Morgan fingerprint density at radius 1 is 1.21 bits per heavy atom. The highest BCUT2D eigenvalue weighted by atomic mass is 16.5. The lowest BCUT2D eigenvalue weighted by atomic mass is 9.79. The highest BCUT2D eigenvalue weighted by Crippen LogP contribution is 2.34. The smallest absolute Gasteiger partial charge is 0.127 e. The van der Waals surface area contributed by atoms with Gasteiger partial charge in [-0.25, -0.2) is 0 Å². The van der Waals surface area contributed by atoms with E-state index in [0.29, 0.717) is 5.92 Å². The molecule has 5 heteroatoms. The van der Waals surface area contributed by atoms with E-state index in [1.54, 1.807) is 18.5 Å². The number of piperidine rings is 3. The van der Waals surface area contributed by atoms with Gasteiger partial charge in [-0.2, -0.15) is 0 Å². The van der Waals surface area contributed by atoms with Crippen molar-refractivity contribution in [1.29, 1.82) is 0 Å². The highest BCUT2D eigenvalue weighted by Gasteiger charge is 2.34. The van der Waals surface area contributed by atoms with Crippen LogP contribution in [0.5, 0.6) is 11.5 Å². The number of rotatable bonds is 4. The number of benzene rings is 1. The maximum Gasteiger partial charge on any atom is 0.127 e. The Labute approximate surface area is 145 Å². The molecule has 0 amide bonds. The van der Waals surface area contributed by atoms with Gasteiger partial charge in [-0.3, -0.25) is 4.98 Å². The lowest BCUT2D eigenvalue weighted by molar-refractivity contribution is 0.0256. The number of aromatic nitrogens is 1. The third kappa shape index (κ3) is 3.41.